The molecule has 1 saturated heterocycles. The first-order valence-corrected chi connectivity index (χ1v) is 8.48. The molecule has 4 heteroatoms. The zero-order valence-electron chi connectivity index (χ0n) is 12.5. The van der Waals surface area contributed by atoms with Crippen LogP contribution in [0.4, 0.5) is 5.69 Å². The average molecular weight is 289 g/mol. The van der Waals surface area contributed by atoms with E-state index in [0.717, 1.165) is 11.2 Å². The van der Waals surface area contributed by atoms with Crippen LogP contribution in [0.1, 0.15) is 45.5 Å². The van der Waals surface area contributed by atoms with Crippen LogP contribution < -0.4 is 5.73 Å². The number of benzene rings is 1. The second kappa shape index (κ2) is 4.99. The first-order valence-electron chi connectivity index (χ1n) is 7.32. The predicted molar refractivity (Wildman–Crippen MR) is 88.4 cm³/mol. The van der Waals surface area contributed by atoms with Gasteiger partial charge in [0.15, 0.2) is 0 Å². The largest absolute Gasteiger partial charge is 0.399 e. The van der Waals surface area contributed by atoms with Gasteiger partial charge >= 0.3 is 0 Å². The molecule has 3 rings (SSSR count). The lowest BCUT2D eigenvalue weighted by atomic mass is 9.95. The van der Waals surface area contributed by atoms with Crippen molar-refractivity contribution in [3.05, 3.63) is 24.0 Å². The van der Waals surface area contributed by atoms with Crippen LogP contribution in [0.2, 0.25) is 0 Å². The van der Waals surface area contributed by atoms with E-state index in [4.69, 9.17) is 10.7 Å². The number of hydrogen-bond acceptors (Lipinski definition) is 3. The van der Waals surface area contributed by atoms with Crippen molar-refractivity contribution in [2.45, 2.75) is 45.1 Å². The van der Waals surface area contributed by atoms with Crippen molar-refractivity contribution < 1.29 is 0 Å². The van der Waals surface area contributed by atoms with E-state index in [9.17, 15) is 0 Å². The summed E-state index contributed by atoms with van der Waals surface area (Å²) < 4.78 is 2.47. The van der Waals surface area contributed by atoms with Gasteiger partial charge in [0.25, 0.3) is 0 Å². The van der Waals surface area contributed by atoms with Gasteiger partial charge in [-0.05, 0) is 36.8 Å². The third-order valence-electron chi connectivity index (χ3n) is 3.89. The van der Waals surface area contributed by atoms with E-state index in [1.165, 1.54) is 35.7 Å². The minimum absolute atomic E-state index is 0.0515. The number of thioether (sulfide) groups is 1. The highest BCUT2D eigenvalue weighted by molar-refractivity contribution is 7.99. The molecule has 1 aliphatic heterocycles. The maximum atomic E-state index is 5.92. The molecule has 20 heavy (non-hydrogen) atoms. The monoisotopic (exact) mass is 289 g/mol. The summed E-state index contributed by atoms with van der Waals surface area (Å²) in [7, 11) is 0. The van der Waals surface area contributed by atoms with Crippen LogP contribution in [-0.2, 0) is 5.41 Å². The summed E-state index contributed by atoms with van der Waals surface area (Å²) in [6.45, 7) is 6.72. The fourth-order valence-electron chi connectivity index (χ4n) is 2.94. The molecule has 0 amide bonds. The van der Waals surface area contributed by atoms with Crippen molar-refractivity contribution in [3.63, 3.8) is 0 Å². The molecule has 0 aliphatic carbocycles. The highest BCUT2D eigenvalue weighted by atomic mass is 32.2. The molecule has 1 aliphatic rings. The van der Waals surface area contributed by atoms with Crippen molar-refractivity contribution >= 4 is 28.5 Å². The quantitative estimate of drug-likeness (QED) is 0.807. The number of nitrogen functional groups attached to an aromatic ring is 1. The van der Waals surface area contributed by atoms with Crippen molar-refractivity contribution in [1.29, 1.82) is 0 Å². The van der Waals surface area contributed by atoms with E-state index in [1.807, 2.05) is 12.1 Å². The van der Waals surface area contributed by atoms with Crippen LogP contribution in [0.3, 0.4) is 0 Å². The number of imidazole rings is 1. The average Bonchev–Trinajstić information content (AvgIpc) is 2.78. The molecule has 2 heterocycles. The zero-order valence-corrected chi connectivity index (χ0v) is 13.3. The first kappa shape index (κ1) is 13.8. The Balaban J connectivity index is 2.20. The number of fused-ring (bicyclic) bond motifs is 1. The molecular weight excluding hydrogens is 266 g/mol. The Labute approximate surface area is 124 Å². The molecule has 0 saturated carbocycles. The predicted octanol–water partition coefficient (Wildman–Crippen LogP) is 3.98. The van der Waals surface area contributed by atoms with Gasteiger partial charge in [0.1, 0.15) is 5.82 Å². The van der Waals surface area contributed by atoms with Crippen molar-refractivity contribution in [2.75, 3.05) is 17.2 Å². The highest BCUT2D eigenvalue weighted by Crippen LogP contribution is 2.35. The number of anilines is 1. The van der Waals surface area contributed by atoms with Crippen LogP contribution in [0.15, 0.2) is 18.2 Å². The van der Waals surface area contributed by atoms with E-state index in [2.05, 4.69) is 43.2 Å². The zero-order chi connectivity index (χ0) is 14.3. The van der Waals surface area contributed by atoms with Crippen molar-refractivity contribution in [1.82, 2.24) is 9.55 Å². The van der Waals surface area contributed by atoms with E-state index in [0.29, 0.717) is 6.04 Å². The van der Waals surface area contributed by atoms with Gasteiger partial charge in [0.05, 0.1) is 11.0 Å². The van der Waals surface area contributed by atoms with Gasteiger partial charge in [0, 0.05) is 22.9 Å². The molecule has 1 atom stereocenters. The number of nitrogens with two attached hydrogens (primary N) is 1. The van der Waals surface area contributed by atoms with Crippen LogP contribution in [0.5, 0.6) is 0 Å². The number of rotatable bonds is 1. The first-order chi connectivity index (χ1) is 9.47. The molecule has 1 aromatic carbocycles. The second-order valence-corrected chi connectivity index (χ2v) is 7.82. The molecule has 108 valence electrons. The van der Waals surface area contributed by atoms with E-state index in [-0.39, 0.29) is 5.41 Å². The van der Waals surface area contributed by atoms with Crippen molar-refractivity contribution in [2.24, 2.45) is 0 Å². The van der Waals surface area contributed by atoms with Crippen LogP contribution >= 0.6 is 11.8 Å². The minimum atomic E-state index is 0.0515. The Morgan fingerprint density at radius 3 is 2.80 bits per heavy atom. The normalized spacial score (nSPS) is 20.4. The van der Waals surface area contributed by atoms with E-state index in [1.54, 1.807) is 0 Å². The third kappa shape index (κ3) is 2.41. The summed E-state index contributed by atoms with van der Waals surface area (Å²) >= 11 is 2.06. The molecule has 2 aromatic rings. The van der Waals surface area contributed by atoms with Gasteiger partial charge in [0.2, 0.25) is 0 Å². The molecule has 1 aromatic heterocycles. The van der Waals surface area contributed by atoms with Gasteiger partial charge in [-0.3, -0.25) is 0 Å². The second-order valence-electron chi connectivity index (χ2n) is 6.67. The Morgan fingerprint density at radius 1 is 1.35 bits per heavy atom. The third-order valence-corrected chi connectivity index (χ3v) is 5.08. The van der Waals surface area contributed by atoms with Gasteiger partial charge in [-0.1, -0.05) is 20.8 Å². The number of hydrogen-bond donors (Lipinski definition) is 1. The highest BCUT2D eigenvalue weighted by Gasteiger charge is 2.27. The summed E-state index contributed by atoms with van der Waals surface area (Å²) in [5.74, 6) is 3.67. The Kier molecular flexibility index (Phi) is 3.44. The summed E-state index contributed by atoms with van der Waals surface area (Å²) in [6, 6.07) is 6.68. The fraction of sp³-hybridized carbons (Fsp3) is 0.562. The Morgan fingerprint density at radius 2 is 2.15 bits per heavy atom. The Hall–Kier alpha value is -1.16. The fourth-order valence-corrected chi connectivity index (χ4v) is 4.07. The molecule has 0 spiro atoms. The molecule has 1 fully saturated rings. The molecule has 0 bridgehead atoms. The minimum Gasteiger partial charge on any atom is -0.399 e. The molecule has 0 radical (unpaired) electrons. The topological polar surface area (TPSA) is 43.8 Å². The lowest BCUT2D eigenvalue weighted by molar-refractivity contribution is 0.439. The van der Waals surface area contributed by atoms with Crippen LogP contribution in [0, 0.1) is 0 Å². The van der Waals surface area contributed by atoms with Crippen LogP contribution in [-0.4, -0.2) is 21.1 Å². The van der Waals surface area contributed by atoms with E-state index >= 15 is 0 Å². The standard InChI is InChI=1S/C16H23N3S/c1-16(2,3)15-18-13-9-11(17)6-7-14(13)19(15)12-5-4-8-20-10-12/h6-7,9,12H,4-5,8,10,17H2,1-3H3. The molecule has 2 N–H and O–H groups in total. The summed E-state index contributed by atoms with van der Waals surface area (Å²) in [6.07, 6.45) is 2.56. The maximum absolute atomic E-state index is 5.92. The Bertz CT molecular complexity index is 618. The summed E-state index contributed by atoms with van der Waals surface area (Å²) in [5, 5.41) is 0. The molecule has 1 unspecified atom stereocenters. The lowest BCUT2D eigenvalue weighted by Crippen LogP contribution is -2.25. The lowest BCUT2D eigenvalue weighted by Gasteiger charge is -2.29. The van der Waals surface area contributed by atoms with Crippen molar-refractivity contribution in [3.8, 4) is 0 Å². The number of aromatic nitrogens is 2. The molecule has 3 nitrogen and oxygen atoms in total. The van der Waals surface area contributed by atoms with Gasteiger partial charge < -0.3 is 10.3 Å². The van der Waals surface area contributed by atoms with E-state index < -0.39 is 0 Å². The van der Waals surface area contributed by atoms with Gasteiger partial charge in [-0.25, -0.2) is 4.98 Å². The van der Waals surface area contributed by atoms with Crippen LogP contribution in [0.25, 0.3) is 11.0 Å². The maximum Gasteiger partial charge on any atom is 0.115 e. The van der Waals surface area contributed by atoms with Gasteiger partial charge in [-0.15, -0.1) is 0 Å². The summed E-state index contributed by atoms with van der Waals surface area (Å²) in [5.41, 5.74) is 9.03. The smallest absolute Gasteiger partial charge is 0.115 e. The summed E-state index contributed by atoms with van der Waals surface area (Å²) in [4.78, 5) is 4.89. The molecular formula is C16H23N3S. The SMILES string of the molecule is CC(C)(C)c1nc2cc(N)ccc2n1C1CCCSC1. The van der Waals surface area contributed by atoms with Gasteiger partial charge in [-0.2, -0.15) is 11.8 Å². The number of nitrogens with zero attached hydrogens (tertiary/aromatic N) is 2.